The first-order valence-electron chi connectivity index (χ1n) is 7.63. The van der Waals surface area contributed by atoms with Crippen molar-refractivity contribution in [3.8, 4) is 5.88 Å². The van der Waals surface area contributed by atoms with Crippen LogP contribution in [0.3, 0.4) is 0 Å². The average molecular weight is 316 g/mol. The highest BCUT2D eigenvalue weighted by Crippen LogP contribution is 2.27. The molecule has 0 aliphatic heterocycles. The van der Waals surface area contributed by atoms with Gasteiger partial charge in [-0.05, 0) is 11.5 Å². The Bertz CT molecular complexity index is 665. The van der Waals surface area contributed by atoms with Crippen LogP contribution in [0.5, 0.6) is 5.88 Å². The van der Waals surface area contributed by atoms with Gasteiger partial charge in [0.15, 0.2) is 0 Å². The van der Waals surface area contributed by atoms with Crippen LogP contribution in [0.15, 0.2) is 30.3 Å². The normalized spacial score (nSPS) is 12.4. The van der Waals surface area contributed by atoms with Crippen molar-refractivity contribution in [3.63, 3.8) is 0 Å². The van der Waals surface area contributed by atoms with Crippen LogP contribution >= 0.6 is 0 Å². The van der Waals surface area contributed by atoms with Gasteiger partial charge in [-0.25, -0.2) is 4.68 Å². The number of amides is 1. The van der Waals surface area contributed by atoms with Gasteiger partial charge in [-0.1, -0.05) is 44.2 Å². The summed E-state index contributed by atoms with van der Waals surface area (Å²) in [5.41, 5.74) is 8.30. The molecule has 0 bridgehead atoms. The van der Waals surface area contributed by atoms with E-state index in [9.17, 15) is 4.79 Å². The number of methoxy groups -OCH3 is 1. The molecule has 6 nitrogen and oxygen atoms in total. The van der Waals surface area contributed by atoms with Crippen molar-refractivity contribution in [3.05, 3.63) is 47.2 Å². The van der Waals surface area contributed by atoms with Gasteiger partial charge < -0.3 is 10.5 Å². The van der Waals surface area contributed by atoms with E-state index < -0.39 is 11.9 Å². The number of aryl methyl sites for hydroxylation is 1. The van der Waals surface area contributed by atoms with Gasteiger partial charge in [0.2, 0.25) is 11.8 Å². The van der Waals surface area contributed by atoms with Crippen molar-refractivity contribution in [1.82, 2.24) is 15.1 Å². The van der Waals surface area contributed by atoms with Gasteiger partial charge in [-0.15, -0.1) is 0 Å². The second-order valence-electron chi connectivity index (χ2n) is 5.78. The number of hydrogen-bond donors (Lipinski definition) is 2. The summed E-state index contributed by atoms with van der Waals surface area (Å²) in [6, 6.07) is 8.89. The second-order valence-corrected chi connectivity index (χ2v) is 5.78. The van der Waals surface area contributed by atoms with Crippen molar-refractivity contribution >= 4 is 5.91 Å². The molecule has 124 valence electrons. The van der Waals surface area contributed by atoms with Gasteiger partial charge in [-0.3, -0.25) is 10.1 Å². The Balaban J connectivity index is 2.26. The maximum Gasteiger partial charge on any atom is 0.239 e. The smallest absolute Gasteiger partial charge is 0.239 e. The van der Waals surface area contributed by atoms with Crippen molar-refractivity contribution in [1.29, 1.82) is 0 Å². The fourth-order valence-electron chi connectivity index (χ4n) is 2.69. The highest BCUT2D eigenvalue weighted by molar-refractivity contribution is 5.81. The minimum atomic E-state index is -0.555. The molecule has 0 saturated heterocycles. The lowest BCUT2D eigenvalue weighted by Crippen LogP contribution is -2.33. The first-order valence-corrected chi connectivity index (χ1v) is 7.63. The van der Waals surface area contributed by atoms with Gasteiger partial charge in [0.1, 0.15) is 6.04 Å². The Morgan fingerprint density at radius 1 is 1.35 bits per heavy atom. The number of carbonyl (C=O) groups is 1. The molecule has 1 heterocycles. The number of nitrogens with two attached hydrogens (primary N) is 1. The summed E-state index contributed by atoms with van der Waals surface area (Å²) >= 11 is 0. The van der Waals surface area contributed by atoms with Crippen LogP contribution in [0.2, 0.25) is 0 Å². The van der Waals surface area contributed by atoms with Gasteiger partial charge in [0.25, 0.3) is 0 Å². The predicted molar refractivity (Wildman–Crippen MR) is 89.1 cm³/mol. The maximum atomic E-state index is 11.8. The Labute approximate surface area is 136 Å². The molecule has 23 heavy (non-hydrogen) atoms. The standard InChI is InChI=1S/C17H24N4O2/c1-11(2)14-13(17(23-4)21(3)20-14)10-19-15(16(18)22)12-8-6-5-7-9-12/h5-9,11,15,19H,10H2,1-4H3,(H2,18,22). The van der Waals surface area contributed by atoms with Crippen molar-refractivity contribution in [2.75, 3.05) is 7.11 Å². The number of nitrogens with zero attached hydrogens (tertiary/aromatic N) is 2. The van der Waals surface area contributed by atoms with E-state index in [0.717, 1.165) is 16.8 Å². The molecule has 0 radical (unpaired) electrons. The Morgan fingerprint density at radius 3 is 2.52 bits per heavy atom. The third kappa shape index (κ3) is 3.71. The number of aromatic nitrogens is 2. The van der Waals surface area contributed by atoms with Crippen LogP contribution in [-0.4, -0.2) is 22.8 Å². The van der Waals surface area contributed by atoms with Crippen LogP contribution in [0.4, 0.5) is 0 Å². The molecule has 2 rings (SSSR count). The maximum absolute atomic E-state index is 11.8. The Morgan fingerprint density at radius 2 is 2.00 bits per heavy atom. The fourth-order valence-corrected chi connectivity index (χ4v) is 2.69. The van der Waals surface area contributed by atoms with Gasteiger partial charge in [0, 0.05) is 13.6 Å². The number of nitrogens with one attached hydrogen (secondary N) is 1. The van der Waals surface area contributed by atoms with E-state index in [1.54, 1.807) is 11.8 Å². The number of hydrogen-bond acceptors (Lipinski definition) is 4. The number of ether oxygens (including phenoxy) is 1. The summed E-state index contributed by atoms with van der Waals surface area (Å²) < 4.78 is 7.17. The van der Waals surface area contributed by atoms with Crippen LogP contribution < -0.4 is 15.8 Å². The summed E-state index contributed by atoms with van der Waals surface area (Å²) in [5.74, 6) is 0.535. The minimum absolute atomic E-state index is 0.255. The molecule has 0 spiro atoms. The van der Waals surface area contributed by atoms with Crippen LogP contribution in [0.1, 0.15) is 42.6 Å². The van der Waals surface area contributed by atoms with Gasteiger partial charge in [0.05, 0.1) is 18.4 Å². The van der Waals surface area contributed by atoms with Crippen molar-refractivity contribution < 1.29 is 9.53 Å². The SMILES string of the molecule is COc1c(CNC(C(N)=O)c2ccccc2)c(C(C)C)nn1C. The molecule has 0 aliphatic rings. The monoisotopic (exact) mass is 316 g/mol. The molecule has 2 aromatic rings. The Hall–Kier alpha value is -2.34. The predicted octanol–water partition coefficient (Wildman–Crippen LogP) is 1.87. The molecule has 1 unspecified atom stereocenters. The van der Waals surface area contributed by atoms with E-state index >= 15 is 0 Å². The van der Waals surface area contributed by atoms with E-state index in [1.807, 2.05) is 37.4 Å². The Kier molecular flexibility index (Phi) is 5.39. The molecule has 0 saturated carbocycles. The molecular formula is C17H24N4O2. The zero-order valence-electron chi connectivity index (χ0n) is 14.0. The first kappa shape index (κ1) is 17.0. The molecule has 1 atom stereocenters. The van der Waals surface area contributed by atoms with E-state index in [2.05, 4.69) is 24.3 Å². The lowest BCUT2D eigenvalue weighted by Gasteiger charge is -2.17. The highest BCUT2D eigenvalue weighted by Gasteiger charge is 2.22. The fraction of sp³-hybridized carbons (Fsp3) is 0.412. The highest BCUT2D eigenvalue weighted by atomic mass is 16.5. The third-order valence-corrected chi connectivity index (χ3v) is 3.76. The summed E-state index contributed by atoms with van der Waals surface area (Å²) in [4.78, 5) is 11.8. The summed E-state index contributed by atoms with van der Waals surface area (Å²) in [6.45, 7) is 4.61. The number of benzene rings is 1. The molecule has 0 fully saturated rings. The lowest BCUT2D eigenvalue weighted by atomic mass is 10.0. The van der Waals surface area contributed by atoms with Crippen molar-refractivity contribution in [2.24, 2.45) is 12.8 Å². The summed E-state index contributed by atoms with van der Waals surface area (Å²) in [5, 5.41) is 7.74. The molecule has 0 aliphatic carbocycles. The summed E-state index contributed by atoms with van der Waals surface area (Å²) in [6.07, 6.45) is 0. The van der Waals surface area contributed by atoms with Crippen LogP contribution in [0.25, 0.3) is 0 Å². The quantitative estimate of drug-likeness (QED) is 0.817. The zero-order valence-corrected chi connectivity index (χ0v) is 14.0. The zero-order chi connectivity index (χ0) is 17.0. The van der Waals surface area contributed by atoms with E-state index in [-0.39, 0.29) is 5.92 Å². The van der Waals surface area contributed by atoms with Crippen molar-refractivity contribution in [2.45, 2.75) is 32.4 Å². The third-order valence-electron chi connectivity index (χ3n) is 3.76. The molecule has 1 aromatic carbocycles. The number of carbonyl (C=O) groups excluding carboxylic acids is 1. The first-order chi connectivity index (χ1) is 11.0. The van der Waals surface area contributed by atoms with Crippen LogP contribution in [0, 0.1) is 0 Å². The van der Waals surface area contributed by atoms with E-state index in [0.29, 0.717) is 12.4 Å². The average Bonchev–Trinajstić information content (AvgIpc) is 2.84. The number of rotatable bonds is 7. The molecule has 6 heteroatoms. The summed E-state index contributed by atoms with van der Waals surface area (Å²) in [7, 11) is 3.46. The molecule has 3 N–H and O–H groups in total. The topological polar surface area (TPSA) is 82.2 Å². The largest absolute Gasteiger partial charge is 0.481 e. The van der Waals surface area contributed by atoms with Crippen LogP contribution in [-0.2, 0) is 18.4 Å². The van der Waals surface area contributed by atoms with Gasteiger partial charge >= 0.3 is 0 Å². The second kappa shape index (κ2) is 7.28. The van der Waals surface area contributed by atoms with E-state index in [4.69, 9.17) is 10.5 Å². The minimum Gasteiger partial charge on any atom is -0.481 e. The lowest BCUT2D eigenvalue weighted by molar-refractivity contribution is -0.120. The molecule has 1 aromatic heterocycles. The van der Waals surface area contributed by atoms with Gasteiger partial charge in [-0.2, -0.15) is 5.10 Å². The number of primary amides is 1. The molecular weight excluding hydrogens is 292 g/mol. The van der Waals surface area contributed by atoms with E-state index in [1.165, 1.54) is 0 Å². The molecule has 1 amide bonds.